The van der Waals surface area contributed by atoms with Crippen LogP contribution in [0.3, 0.4) is 0 Å². The van der Waals surface area contributed by atoms with E-state index >= 15 is 0 Å². The van der Waals surface area contributed by atoms with Gasteiger partial charge in [-0.1, -0.05) is 6.07 Å². The molecule has 0 fully saturated rings. The molecule has 0 radical (unpaired) electrons. The summed E-state index contributed by atoms with van der Waals surface area (Å²) >= 11 is 1.58. The van der Waals surface area contributed by atoms with Crippen molar-refractivity contribution in [3.05, 3.63) is 46.2 Å². The van der Waals surface area contributed by atoms with Gasteiger partial charge in [-0.2, -0.15) is 0 Å². The van der Waals surface area contributed by atoms with Crippen LogP contribution in [0.25, 0.3) is 0 Å². The Hall–Kier alpha value is -1.26. The molecule has 0 bridgehead atoms. The third-order valence-corrected chi connectivity index (χ3v) is 3.09. The van der Waals surface area contributed by atoms with Crippen LogP contribution in [-0.4, -0.2) is 15.1 Å². The first-order chi connectivity index (χ1) is 7.25. The number of thiazole rings is 1. The SMILES string of the molecule is Cc1csc(CC(O)c2cccnc2)n1. The van der Waals surface area contributed by atoms with Gasteiger partial charge in [0, 0.05) is 29.9 Å². The Kier molecular flexibility index (Phi) is 3.08. The molecule has 0 spiro atoms. The highest BCUT2D eigenvalue weighted by Gasteiger charge is 2.10. The lowest BCUT2D eigenvalue weighted by Gasteiger charge is -2.07. The van der Waals surface area contributed by atoms with E-state index in [1.54, 1.807) is 23.7 Å². The van der Waals surface area contributed by atoms with Crippen LogP contribution in [0, 0.1) is 6.92 Å². The second-order valence-corrected chi connectivity index (χ2v) is 4.33. The summed E-state index contributed by atoms with van der Waals surface area (Å²) in [5, 5.41) is 12.9. The first-order valence-corrected chi connectivity index (χ1v) is 5.62. The minimum atomic E-state index is -0.510. The fraction of sp³-hybridized carbons (Fsp3) is 0.273. The lowest BCUT2D eigenvalue weighted by molar-refractivity contribution is 0.178. The maximum atomic E-state index is 9.91. The number of nitrogens with zero attached hydrogens (tertiary/aromatic N) is 2. The fourth-order valence-electron chi connectivity index (χ4n) is 1.35. The molecule has 4 heteroatoms. The summed E-state index contributed by atoms with van der Waals surface area (Å²) in [6.07, 6.45) is 3.43. The van der Waals surface area contributed by atoms with Crippen LogP contribution in [0.5, 0.6) is 0 Å². The standard InChI is InChI=1S/C11H12N2OS/c1-8-7-15-11(13-8)5-10(14)9-3-2-4-12-6-9/h2-4,6-7,10,14H,5H2,1H3. The summed E-state index contributed by atoms with van der Waals surface area (Å²) in [7, 11) is 0. The highest BCUT2D eigenvalue weighted by atomic mass is 32.1. The van der Waals surface area contributed by atoms with Crippen LogP contribution in [-0.2, 0) is 6.42 Å². The number of rotatable bonds is 3. The van der Waals surface area contributed by atoms with E-state index in [9.17, 15) is 5.11 Å². The van der Waals surface area contributed by atoms with Crippen molar-refractivity contribution in [2.45, 2.75) is 19.4 Å². The van der Waals surface area contributed by atoms with E-state index in [1.807, 2.05) is 24.4 Å². The molecule has 0 aliphatic heterocycles. The molecule has 1 atom stereocenters. The molecule has 2 heterocycles. The largest absolute Gasteiger partial charge is 0.388 e. The van der Waals surface area contributed by atoms with Gasteiger partial charge in [-0.3, -0.25) is 4.98 Å². The third-order valence-electron chi connectivity index (χ3n) is 2.10. The van der Waals surface area contributed by atoms with Crippen molar-refractivity contribution >= 4 is 11.3 Å². The van der Waals surface area contributed by atoms with Crippen molar-refractivity contribution in [3.63, 3.8) is 0 Å². The normalized spacial score (nSPS) is 12.7. The summed E-state index contributed by atoms with van der Waals surface area (Å²) in [5.74, 6) is 0. The van der Waals surface area contributed by atoms with E-state index in [2.05, 4.69) is 9.97 Å². The van der Waals surface area contributed by atoms with Crippen LogP contribution < -0.4 is 0 Å². The summed E-state index contributed by atoms with van der Waals surface area (Å²) in [6.45, 7) is 1.95. The summed E-state index contributed by atoms with van der Waals surface area (Å²) in [4.78, 5) is 8.29. The molecule has 0 aliphatic carbocycles. The third kappa shape index (κ3) is 2.61. The number of aliphatic hydroxyl groups is 1. The number of pyridine rings is 1. The number of aliphatic hydroxyl groups excluding tert-OH is 1. The molecule has 15 heavy (non-hydrogen) atoms. The number of aryl methyl sites for hydroxylation is 1. The zero-order chi connectivity index (χ0) is 10.7. The van der Waals surface area contributed by atoms with Crippen molar-refractivity contribution < 1.29 is 5.11 Å². The monoisotopic (exact) mass is 220 g/mol. The molecule has 1 unspecified atom stereocenters. The predicted molar refractivity (Wildman–Crippen MR) is 59.8 cm³/mol. The quantitative estimate of drug-likeness (QED) is 0.861. The molecule has 2 aromatic heterocycles. The van der Waals surface area contributed by atoms with E-state index in [0.29, 0.717) is 6.42 Å². The van der Waals surface area contributed by atoms with E-state index in [-0.39, 0.29) is 0 Å². The van der Waals surface area contributed by atoms with Crippen molar-refractivity contribution in [3.8, 4) is 0 Å². The lowest BCUT2D eigenvalue weighted by Crippen LogP contribution is -2.01. The number of hydrogen-bond donors (Lipinski definition) is 1. The smallest absolute Gasteiger partial charge is 0.0957 e. The zero-order valence-corrected chi connectivity index (χ0v) is 9.24. The second-order valence-electron chi connectivity index (χ2n) is 3.39. The van der Waals surface area contributed by atoms with E-state index in [1.165, 1.54) is 0 Å². The van der Waals surface area contributed by atoms with Gasteiger partial charge in [-0.05, 0) is 18.6 Å². The average Bonchev–Trinajstić information content (AvgIpc) is 2.65. The maximum absolute atomic E-state index is 9.91. The molecule has 0 saturated heterocycles. The fourth-order valence-corrected chi connectivity index (χ4v) is 2.16. The summed E-state index contributed by atoms with van der Waals surface area (Å²) in [5.41, 5.74) is 1.85. The molecule has 0 aliphatic rings. The van der Waals surface area contributed by atoms with Gasteiger partial charge < -0.3 is 5.11 Å². The van der Waals surface area contributed by atoms with Crippen molar-refractivity contribution in [1.82, 2.24) is 9.97 Å². The van der Waals surface area contributed by atoms with E-state index in [0.717, 1.165) is 16.3 Å². The molecule has 3 nitrogen and oxygen atoms in total. The number of hydrogen-bond acceptors (Lipinski definition) is 4. The molecule has 1 N–H and O–H groups in total. The van der Waals surface area contributed by atoms with Crippen LogP contribution in [0.4, 0.5) is 0 Å². The van der Waals surface area contributed by atoms with Crippen molar-refractivity contribution in [2.24, 2.45) is 0 Å². The van der Waals surface area contributed by atoms with Crippen molar-refractivity contribution in [2.75, 3.05) is 0 Å². The minimum absolute atomic E-state index is 0.510. The van der Waals surface area contributed by atoms with Gasteiger partial charge in [-0.25, -0.2) is 4.98 Å². The van der Waals surface area contributed by atoms with Crippen molar-refractivity contribution in [1.29, 1.82) is 0 Å². The van der Waals surface area contributed by atoms with Crippen LogP contribution in [0.2, 0.25) is 0 Å². The summed E-state index contributed by atoms with van der Waals surface area (Å²) < 4.78 is 0. The first-order valence-electron chi connectivity index (χ1n) is 4.74. The molecule has 0 saturated carbocycles. The Bertz CT molecular complexity index is 427. The van der Waals surface area contributed by atoms with Crippen LogP contribution >= 0.6 is 11.3 Å². The number of aromatic nitrogens is 2. The molecular formula is C11H12N2OS. The molecular weight excluding hydrogens is 208 g/mol. The topological polar surface area (TPSA) is 46.0 Å². The first kappa shape index (κ1) is 10.3. The highest BCUT2D eigenvalue weighted by Crippen LogP contribution is 2.19. The molecule has 78 valence electrons. The van der Waals surface area contributed by atoms with Gasteiger partial charge >= 0.3 is 0 Å². The Balaban J connectivity index is 2.07. The molecule has 0 aromatic carbocycles. The van der Waals surface area contributed by atoms with Gasteiger partial charge in [0.05, 0.1) is 11.1 Å². The molecule has 2 rings (SSSR count). The Morgan fingerprint density at radius 2 is 2.40 bits per heavy atom. The Morgan fingerprint density at radius 3 is 3.00 bits per heavy atom. The van der Waals surface area contributed by atoms with Gasteiger partial charge in [0.1, 0.15) is 0 Å². The maximum Gasteiger partial charge on any atom is 0.0957 e. The van der Waals surface area contributed by atoms with Crippen LogP contribution in [0.1, 0.15) is 22.4 Å². The highest BCUT2D eigenvalue weighted by molar-refractivity contribution is 7.09. The lowest BCUT2D eigenvalue weighted by atomic mass is 10.1. The van der Waals surface area contributed by atoms with Gasteiger partial charge in [-0.15, -0.1) is 11.3 Å². The average molecular weight is 220 g/mol. The van der Waals surface area contributed by atoms with Gasteiger partial charge in [0.2, 0.25) is 0 Å². The second kappa shape index (κ2) is 4.51. The minimum Gasteiger partial charge on any atom is -0.388 e. The van der Waals surface area contributed by atoms with Gasteiger partial charge in [0.25, 0.3) is 0 Å². The zero-order valence-electron chi connectivity index (χ0n) is 8.42. The van der Waals surface area contributed by atoms with E-state index in [4.69, 9.17) is 0 Å². The summed E-state index contributed by atoms with van der Waals surface area (Å²) in [6, 6.07) is 3.70. The Labute approximate surface area is 92.5 Å². The van der Waals surface area contributed by atoms with Gasteiger partial charge in [0.15, 0.2) is 0 Å². The molecule has 2 aromatic rings. The predicted octanol–water partition coefficient (Wildman–Crippen LogP) is 2.12. The molecule has 0 amide bonds. The van der Waals surface area contributed by atoms with Crippen LogP contribution in [0.15, 0.2) is 29.9 Å². The van der Waals surface area contributed by atoms with E-state index < -0.39 is 6.10 Å². The Morgan fingerprint density at radius 1 is 1.53 bits per heavy atom.